The van der Waals surface area contributed by atoms with E-state index in [4.69, 9.17) is 0 Å². The third kappa shape index (κ3) is 3.11. The van der Waals surface area contributed by atoms with E-state index in [9.17, 15) is 4.79 Å². The van der Waals surface area contributed by atoms with Gasteiger partial charge in [-0.2, -0.15) is 15.4 Å². The van der Waals surface area contributed by atoms with E-state index >= 15 is 0 Å². The fourth-order valence-corrected chi connectivity index (χ4v) is 2.59. The maximum absolute atomic E-state index is 12.4. The fourth-order valence-electron chi connectivity index (χ4n) is 2.59. The lowest BCUT2D eigenvalue weighted by Gasteiger charge is -2.29. The van der Waals surface area contributed by atoms with Crippen LogP contribution in [0.2, 0.25) is 0 Å². The molecule has 1 aromatic heterocycles. The van der Waals surface area contributed by atoms with Gasteiger partial charge in [0, 0.05) is 11.6 Å². The number of carbonyl (C=O) groups is 1. The van der Waals surface area contributed by atoms with E-state index < -0.39 is 0 Å². The van der Waals surface area contributed by atoms with Crippen LogP contribution in [0.5, 0.6) is 0 Å². The van der Waals surface area contributed by atoms with E-state index in [2.05, 4.69) is 32.7 Å². The zero-order valence-electron chi connectivity index (χ0n) is 12.0. The molecule has 2 N–H and O–H groups in total. The number of H-pyrrole nitrogens is 1. The Hall–Kier alpha value is -2.21. The molecule has 0 radical (unpaired) electrons. The standard InChI is InChI=1S/C15H19N5O/c1-20-9-7-12(8-10-20)16-15(21)14-13(17-19-18-14)11-5-3-2-4-6-11/h2-6,12H,7-10H2,1H3,(H,16,21)(H,17,18,19). The number of carbonyl (C=O) groups excluding carboxylic acids is 1. The highest BCUT2D eigenvalue weighted by atomic mass is 16.2. The summed E-state index contributed by atoms with van der Waals surface area (Å²) in [4.78, 5) is 14.7. The molecule has 6 nitrogen and oxygen atoms in total. The van der Waals surface area contributed by atoms with E-state index in [-0.39, 0.29) is 11.9 Å². The average molecular weight is 285 g/mol. The molecule has 110 valence electrons. The zero-order chi connectivity index (χ0) is 14.7. The molecule has 0 atom stereocenters. The molecule has 0 saturated carbocycles. The highest BCUT2D eigenvalue weighted by Gasteiger charge is 2.23. The minimum Gasteiger partial charge on any atom is -0.348 e. The summed E-state index contributed by atoms with van der Waals surface area (Å²) in [6, 6.07) is 9.83. The fraction of sp³-hybridized carbons (Fsp3) is 0.400. The Kier molecular flexibility index (Phi) is 3.96. The van der Waals surface area contributed by atoms with Crippen LogP contribution in [0.1, 0.15) is 23.3 Å². The van der Waals surface area contributed by atoms with Gasteiger partial charge in [0.2, 0.25) is 0 Å². The van der Waals surface area contributed by atoms with Gasteiger partial charge < -0.3 is 10.2 Å². The van der Waals surface area contributed by atoms with Crippen molar-refractivity contribution in [3.05, 3.63) is 36.0 Å². The van der Waals surface area contributed by atoms with Crippen molar-refractivity contribution in [2.75, 3.05) is 20.1 Å². The van der Waals surface area contributed by atoms with E-state index in [1.54, 1.807) is 0 Å². The van der Waals surface area contributed by atoms with E-state index in [0.29, 0.717) is 11.4 Å². The number of nitrogens with one attached hydrogen (secondary N) is 2. The summed E-state index contributed by atoms with van der Waals surface area (Å²) in [5.41, 5.74) is 1.85. The first-order chi connectivity index (χ1) is 10.2. The van der Waals surface area contributed by atoms with Gasteiger partial charge in [-0.3, -0.25) is 4.79 Å². The Balaban J connectivity index is 1.73. The van der Waals surface area contributed by atoms with Crippen LogP contribution in [0.4, 0.5) is 0 Å². The Bertz CT molecular complexity index is 602. The van der Waals surface area contributed by atoms with Crippen LogP contribution in [0.15, 0.2) is 30.3 Å². The van der Waals surface area contributed by atoms with Crippen molar-refractivity contribution >= 4 is 5.91 Å². The van der Waals surface area contributed by atoms with Crippen LogP contribution in [-0.4, -0.2) is 52.4 Å². The van der Waals surface area contributed by atoms with Gasteiger partial charge in [0.1, 0.15) is 5.69 Å². The molecule has 1 aromatic carbocycles. The summed E-state index contributed by atoms with van der Waals surface area (Å²) < 4.78 is 0. The average Bonchev–Trinajstić information content (AvgIpc) is 3.00. The van der Waals surface area contributed by atoms with Crippen LogP contribution in [0.25, 0.3) is 11.3 Å². The van der Waals surface area contributed by atoms with E-state index in [1.165, 1.54) is 0 Å². The van der Waals surface area contributed by atoms with Crippen molar-refractivity contribution in [3.8, 4) is 11.3 Å². The quantitative estimate of drug-likeness (QED) is 0.891. The summed E-state index contributed by atoms with van der Waals surface area (Å²) in [6.07, 6.45) is 1.95. The number of piperidine rings is 1. The molecule has 1 saturated heterocycles. The zero-order valence-corrected chi connectivity index (χ0v) is 12.0. The van der Waals surface area contributed by atoms with Gasteiger partial charge in [-0.25, -0.2) is 0 Å². The predicted molar refractivity (Wildman–Crippen MR) is 79.8 cm³/mol. The van der Waals surface area contributed by atoms with Gasteiger partial charge in [0.05, 0.1) is 0 Å². The van der Waals surface area contributed by atoms with Crippen LogP contribution < -0.4 is 5.32 Å². The Morgan fingerprint density at radius 2 is 1.95 bits per heavy atom. The summed E-state index contributed by atoms with van der Waals surface area (Å²) in [7, 11) is 2.10. The molecule has 3 rings (SSSR count). The van der Waals surface area contributed by atoms with Crippen LogP contribution in [0, 0.1) is 0 Å². The maximum Gasteiger partial charge on any atom is 0.274 e. The van der Waals surface area contributed by atoms with Gasteiger partial charge in [0.25, 0.3) is 5.91 Å². The van der Waals surface area contributed by atoms with Gasteiger partial charge in [-0.05, 0) is 33.0 Å². The Morgan fingerprint density at radius 3 is 2.67 bits per heavy atom. The molecule has 2 aromatic rings. The number of nitrogens with zero attached hydrogens (tertiary/aromatic N) is 3. The molecule has 1 aliphatic rings. The van der Waals surface area contributed by atoms with Gasteiger partial charge in [-0.15, -0.1) is 0 Å². The van der Waals surface area contributed by atoms with E-state index in [0.717, 1.165) is 31.5 Å². The third-order valence-electron chi connectivity index (χ3n) is 3.86. The number of hydrogen-bond donors (Lipinski definition) is 2. The van der Waals surface area contributed by atoms with Crippen LogP contribution in [-0.2, 0) is 0 Å². The maximum atomic E-state index is 12.4. The second kappa shape index (κ2) is 6.05. The predicted octanol–water partition coefficient (Wildman–Crippen LogP) is 1.30. The van der Waals surface area contributed by atoms with Crippen molar-refractivity contribution < 1.29 is 4.79 Å². The third-order valence-corrected chi connectivity index (χ3v) is 3.86. The first-order valence-corrected chi connectivity index (χ1v) is 7.19. The molecule has 0 unspecified atom stereocenters. The number of aromatic nitrogens is 3. The number of rotatable bonds is 3. The lowest BCUT2D eigenvalue weighted by Crippen LogP contribution is -2.43. The smallest absolute Gasteiger partial charge is 0.274 e. The van der Waals surface area contributed by atoms with Gasteiger partial charge in [-0.1, -0.05) is 30.3 Å². The normalized spacial score (nSPS) is 16.8. The molecule has 21 heavy (non-hydrogen) atoms. The number of likely N-dealkylation sites (tertiary alicyclic amines) is 1. The molecule has 0 spiro atoms. The molecule has 1 aliphatic heterocycles. The SMILES string of the molecule is CN1CCC(NC(=O)c2n[nH]nc2-c2ccccc2)CC1. The van der Waals surface area contributed by atoms with Crippen molar-refractivity contribution in [2.45, 2.75) is 18.9 Å². The molecule has 6 heteroatoms. The van der Waals surface area contributed by atoms with Crippen molar-refractivity contribution in [3.63, 3.8) is 0 Å². The van der Waals surface area contributed by atoms with Crippen molar-refractivity contribution in [1.29, 1.82) is 0 Å². The minimum absolute atomic E-state index is 0.155. The second-order valence-corrected chi connectivity index (χ2v) is 5.44. The lowest BCUT2D eigenvalue weighted by molar-refractivity contribution is 0.0912. The van der Waals surface area contributed by atoms with Crippen LogP contribution >= 0.6 is 0 Å². The molecular formula is C15H19N5O. The molecule has 2 heterocycles. The second-order valence-electron chi connectivity index (χ2n) is 5.44. The molecule has 0 aliphatic carbocycles. The molecule has 0 bridgehead atoms. The largest absolute Gasteiger partial charge is 0.348 e. The summed E-state index contributed by atoms with van der Waals surface area (Å²) in [5, 5.41) is 13.7. The van der Waals surface area contributed by atoms with Crippen molar-refractivity contribution in [1.82, 2.24) is 25.6 Å². The molecular weight excluding hydrogens is 266 g/mol. The molecule has 1 fully saturated rings. The summed E-state index contributed by atoms with van der Waals surface area (Å²) in [5.74, 6) is -0.155. The van der Waals surface area contributed by atoms with E-state index in [1.807, 2.05) is 30.3 Å². The van der Waals surface area contributed by atoms with Gasteiger partial charge in [0.15, 0.2) is 5.69 Å². The number of benzene rings is 1. The highest BCUT2D eigenvalue weighted by molar-refractivity contribution is 5.98. The topological polar surface area (TPSA) is 73.9 Å². The Morgan fingerprint density at radius 1 is 1.24 bits per heavy atom. The Labute approximate surface area is 123 Å². The first kappa shape index (κ1) is 13.8. The summed E-state index contributed by atoms with van der Waals surface area (Å²) in [6.45, 7) is 2.02. The molecule has 1 amide bonds. The number of hydrogen-bond acceptors (Lipinski definition) is 4. The first-order valence-electron chi connectivity index (χ1n) is 7.19. The van der Waals surface area contributed by atoms with Crippen LogP contribution in [0.3, 0.4) is 0 Å². The summed E-state index contributed by atoms with van der Waals surface area (Å²) >= 11 is 0. The highest BCUT2D eigenvalue weighted by Crippen LogP contribution is 2.19. The van der Waals surface area contributed by atoms with Gasteiger partial charge >= 0.3 is 0 Å². The number of amides is 1. The number of aromatic amines is 1. The minimum atomic E-state index is -0.155. The van der Waals surface area contributed by atoms with Crippen molar-refractivity contribution in [2.24, 2.45) is 0 Å². The monoisotopic (exact) mass is 285 g/mol. The lowest BCUT2D eigenvalue weighted by atomic mass is 10.0.